The number of aryl methyl sites for hydroxylation is 3. The summed E-state index contributed by atoms with van der Waals surface area (Å²) in [6, 6.07) is 14.0. The van der Waals surface area contributed by atoms with Crippen molar-refractivity contribution in [1.29, 1.82) is 0 Å². The molecule has 0 fully saturated rings. The second-order valence-electron chi connectivity index (χ2n) is 7.03. The minimum atomic E-state index is -4.06. The average molecular weight is 443 g/mol. The molecule has 1 heterocycles. The van der Waals surface area contributed by atoms with Crippen LogP contribution >= 0.6 is 0 Å². The fourth-order valence-corrected chi connectivity index (χ4v) is 5.12. The Morgan fingerprint density at radius 3 is 2.39 bits per heavy atom. The third-order valence-corrected chi connectivity index (χ3v) is 6.97. The second-order valence-corrected chi connectivity index (χ2v) is 8.83. The highest BCUT2D eigenvalue weighted by Crippen LogP contribution is 2.28. The minimum absolute atomic E-state index is 0.0603. The number of H-pyrrole nitrogens is 1. The van der Waals surface area contributed by atoms with Gasteiger partial charge in [-0.2, -0.15) is 5.10 Å². The molecule has 0 saturated carbocycles. The molecule has 0 spiro atoms. The van der Waals surface area contributed by atoms with E-state index in [1.807, 2.05) is 25.1 Å². The number of ether oxygens (including phenoxy) is 1. The van der Waals surface area contributed by atoms with E-state index in [0.717, 1.165) is 16.3 Å². The fraction of sp³-hybridized carbons (Fsp3) is 0.273. The van der Waals surface area contributed by atoms with Gasteiger partial charge in [-0.15, -0.1) is 0 Å². The number of sulfonamides is 1. The molecule has 0 aliphatic rings. The van der Waals surface area contributed by atoms with Gasteiger partial charge in [0.1, 0.15) is 17.2 Å². The molecule has 0 aliphatic heterocycles. The summed E-state index contributed by atoms with van der Waals surface area (Å²) < 4.78 is 33.4. The maximum Gasteiger partial charge on any atom is 0.268 e. The number of benzene rings is 2. The molecule has 0 aliphatic carbocycles. The van der Waals surface area contributed by atoms with Crippen LogP contribution in [0.15, 0.2) is 53.4 Å². The van der Waals surface area contributed by atoms with Gasteiger partial charge in [-0.1, -0.05) is 25.1 Å². The Hall–Kier alpha value is -3.33. The summed E-state index contributed by atoms with van der Waals surface area (Å²) in [6.45, 7) is 4.84. The van der Waals surface area contributed by atoms with E-state index in [2.05, 4.69) is 15.5 Å². The summed E-state index contributed by atoms with van der Waals surface area (Å²) in [5.74, 6) is 0.136. The SMILES string of the molecule is CCc1ccccc1NC(=O)CN(c1ccc(OC)cc1)S(=O)(=O)c1c(C)n[nH]c1C. The van der Waals surface area contributed by atoms with Crippen molar-refractivity contribution in [3.05, 3.63) is 65.5 Å². The molecular formula is C22H26N4O4S. The zero-order chi connectivity index (χ0) is 22.6. The quantitative estimate of drug-likeness (QED) is 0.556. The molecule has 31 heavy (non-hydrogen) atoms. The van der Waals surface area contributed by atoms with Crippen LogP contribution in [-0.2, 0) is 21.2 Å². The lowest BCUT2D eigenvalue weighted by atomic mass is 10.1. The van der Waals surface area contributed by atoms with Gasteiger partial charge in [0.15, 0.2) is 0 Å². The number of anilines is 2. The van der Waals surface area contributed by atoms with Crippen LogP contribution in [0.2, 0.25) is 0 Å². The van der Waals surface area contributed by atoms with Crippen molar-refractivity contribution in [2.24, 2.45) is 0 Å². The Morgan fingerprint density at radius 1 is 1.13 bits per heavy atom. The molecule has 0 saturated heterocycles. The largest absolute Gasteiger partial charge is 0.497 e. The Labute approximate surface area is 182 Å². The van der Waals surface area contributed by atoms with E-state index in [-0.39, 0.29) is 4.90 Å². The summed E-state index contributed by atoms with van der Waals surface area (Å²) in [5.41, 5.74) is 2.73. The van der Waals surface area contributed by atoms with Crippen LogP contribution < -0.4 is 14.4 Å². The van der Waals surface area contributed by atoms with Crippen molar-refractivity contribution in [3.63, 3.8) is 0 Å². The summed E-state index contributed by atoms with van der Waals surface area (Å²) in [7, 11) is -2.53. The summed E-state index contributed by atoms with van der Waals surface area (Å²) in [6.07, 6.45) is 0.740. The first-order valence-corrected chi connectivity index (χ1v) is 11.3. The number of carbonyl (C=O) groups excluding carboxylic acids is 1. The number of amides is 1. The molecule has 0 unspecified atom stereocenters. The van der Waals surface area contributed by atoms with Gasteiger partial charge in [0, 0.05) is 5.69 Å². The second kappa shape index (κ2) is 9.22. The molecule has 0 atom stereocenters. The van der Waals surface area contributed by atoms with Crippen LogP contribution in [-0.4, -0.2) is 38.2 Å². The fourth-order valence-electron chi connectivity index (χ4n) is 3.37. The standard InChI is InChI=1S/C22H26N4O4S/c1-5-17-8-6-7-9-20(17)23-21(27)14-26(18-10-12-19(30-4)13-11-18)31(28,29)22-15(2)24-25-16(22)3/h6-13H,5,14H2,1-4H3,(H,23,27)(H,24,25). The van der Waals surface area contributed by atoms with Crippen molar-refractivity contribution in [2.45, 2.75) is 32.1 Å². The van der Waals surface area contributed by atoms with E-state index in [0.29, 0.717) is 28.5 Å². The minimum Gasteiger partial charge on any atom is -0.497 e. The molecule has 1 aromatic heterocycles. The first-order chi connectivity index (χ1) is 14.8. The number of carbonyl (C=O) groups is 1. The van der Waals surface area contributed by atoms with Gasteiger partial charge in [0.2, 0.25) is 5.91 Å². The van der Waals surface area contributed by atoms with Gasteiger partial charge in [-0.05, 0) is 56.2 Å². The summed E-state index contributed by atoms with van der Waals surface area (Å²) in [5, 5.41) is 9.54. The van der Waals surface area contributed by atoms with Crippen molar-refractivity contribution in [2.75, 3.05) is 23.3 Å². The Kier molecular flexibility index (Phi) is 6.65. The van der Waals surface area contributed by atoms with Crippen LogP contribution in [0.5, 0.6) is 5.75 Å². The molecule has 2 aromatic carbocycles. The van der Waals surface area contributed by atoms with E-state index in [9.17, 15) is 13.2 Å². The molecule has 3 aromatic rings. The third-order valence-electron chi connectivity index (χ3n) is 4.93. The molecule has 0 bridgehead atoms. The summed E-state index contributed by atoms with van der Waals surface area (Å²) >= 11 is 0. The normalized spacial score (nSPS) is 11.2. The molecule has 1 amide bonds. The predicted molar refractivity (Wildman–Crippen MR) is 120 cm³/mol. The topological polar surface area (TPSA) is 104 Å². The average Bonchev–Trinajstić information content (AvgIpc) is 3.11. The molecule has 3 rings (SSSR count). The van der Waals surface area contributed by atoms with Crippen molar-refractivity contribution < 1.29 is 17.9 Å². The Bertz CT molecular complexity index is 1150. The number of rotatable bonds is 8. The van der Waals surface area contributed by atoms with E-state index in [1.165, 1.54) is 7.11 Å². The van der Waals surface area contributed by atoms with Gasteiger partial charge in [0.25, 0.3) is 10.0 Å². The van der Waals surface area contributed by atoms with Crippen molar-refractivity contribution in [3.8, 4) is 5.75 Å². The molecule has 2 N–H and O–H groups in total. The van der Waals surface area contributed by atoms with Crippen molar-refractivity contribution in [1.82, 2.24) is 10.2 Å². The third kappa shape index (κ3) is 4.72. The van der Waals surface area contributed by atoms with Gasteiger partial charge < -0.3 is 10.1 Å². The number of aromatic amines is 1. The Balaban J connectivity index is 1.98. The Morgan fingerprint density at radius 2 is 1.81 bits per heavy atom. The van der Waals surface area contributed by atoms with Crippen LogP contribution in [0, 0.1) is 13.8 Å². The number of aromatic nitrogens is 2. The van der Waals surface area contributed by atoms with Gasteiger partial charge in [-0.3, -0.25) is 14.2 Å². The molecule has 9 heteroatoms. The number of nitrogens with one attached hydrogen (secondary N) is 2. The molecule has 164 valence electrons. The highest BCUT2D eigenvalue weighted by molar-refractivity contribution is 7.93. The lowest BCUT2D eigenvalue weighted by Crippen LogP contribution is -2.38. The van der Waals surface area contributed by atoms with E-state index >= 15 is 0 Å². The van der Waals surface area contributed by atoms with Crippen LogP contribution in [0.3, 0.4) is 0 Å². The van der Waals surface area contributed by atoms with E-state index in [4.69, 9.17) is 4.74 Å². The molecule has 8 nitrogen and oxygen atoms in total. The van der Waals surface area contributed by atoms with Gasteiger partial charge >= 0.3 is 0 Å². The zero-order valence-corrected chi connectivity index (χ0v) is 18.8. The first kappa shape index (κ1) is 22.4. The van der Waals surface area contributed by atoms with Gasteiger partial charge in [0.05, 0.1) is 24.2 Å². The van der Waals surface area contributed by atoms with E-state index in [1.54, 1.807) is 44.2 Å². The number of hydrogen-bond donors (Lipinski definition) is 2. The lowest BCUT2D eigenvalue weighted by molar-refractivity contribution is -0.114. The number of methoxy groups -OCH3 is 1. The predicted octanol–water partition coefficient (Wildman–Crippen LogP) is 3.43. The van der Waals surface area contributed by atoms with E-state index < -0.39 is 22.5 Å². The number of hydrogen-bond acceptors (Lipinski definition) is 5. The number of para-hydroxylation sites is 1. The smallest absolute Gasteiger partial charge is 0.268 e. The van der Waals surface area contributed by atoms with Crippen LogP contribution in [0.4, 0.5) is 11.4 Å². The number of nitrogens with zero attached hydrogens (tertiary/aromatic N) is 2. The monoisotopic (exact) mass is 442 g/mol. The highest BCUT2D eigenvalue weighted by atomic mass is 32.2. The summed E-state index contributed by atoms with van der Waals surface area (Å²) in [4.78, 5) is 13.0. The molecular weight excluding hydrogens is 416 g/mol. The molecule has 0 radical (unpaired) electrons. The first-order valence-electron chi connectivity index (χ1n) is 9.84. The van der Waals surface area contributed by atoms with Crippen LogP contribution in [0.25, 0.3) is 0 Å². The van der Waals surface area contributed by atoms with Crippen molar-refractivity contribution >= 4 is 27.3 Å². The van der Waals surface area contributed by atoms with Gasteiger partial charge in [-0.25, -0.2) is 8.42 Å². The van der Waals surface area contributed by atoms with Crippen LogP contribution in [0.1, 0.15) is 23.9 Å². The maximum atomic E-state index is 13.6. The zero-order valence-electron chi connectivity index (χ0n) is 18.0. The maximum absolute atomic E-state index is 13.6. The lowest BCUT2D eigenvalue weighted by Gasteiger charge is -2.24. The highest BCUT2D eigenvalue weighted by Gasteiger charge is 2.31.